The molecule has 0 aliphatic heterocycles. The van der Waals surface area contributed by atoms with Gasteiger partial charge in [-0.25, -0.2) is 0 Å². The first-order valence-corrected chi connectivity index (χ1v) is 6.36. The summed E-state index contributed by atoms with van der Waals surface area (Å²) in [5.74, 6) is 0.396. The molecule has 0 spiro atoms. The van der Waals surface area contributed by atoms with Crippen LogP contribution in [0, 0.1) is 0 Å². The maximum absolute atomic E-state index is 9.28. The van der Waals surface area contributed by atoms with Crippen LogP contribution in [0.25, 0.3) is 0 Å². The Bertz CT molecular complexity index is 381. The molecule has 0 aromatic carbocycles. The van der Waals surface area contributed by atoms with Crippen LogP contribution in [0.15, 0.2) is 0 Å². The van der Waals surface area contributed by atoms with Gasteiger partial charge in [0.2, 0.25) is 11.9 Å². The van der Waals surface area contributed by atoms with Gasteiger partial charge in [0.1, 0.15) is 5.54 Å². The number of hydrogen-bond donors (Lipinski definition) is 5. The van der Waals surface area contributed by atoms with Crippen molar-refractivity contribution in [2.24, 2.45) is 0 Å². The molecule has 0 unspecified atom stereocenters. The molecule has 9 nitrogen and oxygen atoms in total. The Morgan fingerprint density at radius 2 is 1.60 bits per heavy atom. The van der Waals surface area contributed by atoms with E-state index >= 15 is 0 Å². The molecule has 0 amide bonds. The Morgan fingerprint density at radius 3 is 2.10 bits per heavy atom. The second-order valence-electron chi connectivity index (χ2n) is 4.11. The third-order valence-corrected chi connectivity index (χ3v) is 2.51. The van der Waals surface area contributed by atoms with Crippen LogP contribution >= 0.6 is 0 Å². The second-order valence-corrected chi connectivity index (χ2v) is 4.11. The van der Waals surface area contributed by atoms with E-state index < -0.39 is 25.4 Å². The Balaban J connectivity index is 3.02. The van der Waals surface area contributed by atoms with E-state index in [0.717, 1.165) is 0 Å². The molecule has 5 N–H and O–H groups in total. The van der Waals surface area contributed by atoms with Crippen molar-refractivity contribution in [1.29, 1.82) is 0 Å². The minimum atomic E-state index is -1.31. The summed E-state index contributed by atoms with van der Waals surface area (Å²) < 4.78 is 5.22. The quantitative estimate of drug-likeness (QED) is 0.381. The zero-order valence-corrected chi connectivity index (χ0v) is 11.6. The lowest BCUT2D eigenvalue weighted by atomic mass is 10.0. The molecule has 1 heterocycles. The Labute approximate surface area is 117 Å². The SMILES string of the molecule is CCNc1nc(NC(CO)(CO)CO)nc(OCC)n1. The molecule has 0 saturated carbocycles. The Kier molecular flexibility index (Phi) is 6.36. The summed E-state index contributed by atoms with van der Waals surface area (Å²) >= 11 is 0. The van der Waals surface area contributed by atoms with Crippen LogP contribution in [0.3, 0.4) is 0 Å². The zero-order chi connectivity index (χ0) is 15.0. The molecular formula is C11H21N5O4. The standard InChI is InChI=1S/C11H21N5O4/c1-3-12-8-13-9(15-10(14-8)20-4-2)16-11(5-17,6-18)7-19/h17-19H,3-7H2,1-2H3,(H2,12,13,14,15,16). The summed E-state index contributed by atoms with van der Waals surface area (Å²) in [6.45, 7) is 3.24. The van der Waals surface area contributed by atoms with Crippen molar-refractivity contribution < 1.29 is 20.1 Å². The molecule has 0 aliphatic rings. The number of anilines is 2. The van der Waals surface area contributed by atoms with Gasteiger partial charge in [-0.1, -0.05) is 0 Å². The molecule has 0 bridgehead atoms. The van der Waals surface area contributed by atoms with Gasteiger partial charge in [0.25, 0.3) is 0 Å². The molecule has 1 rings (SSSR count). The fourth-order valence-corrected chi connectivity index (χ4v) is 1.35. The maximum Gasteiger partial charge on any atom is 0.323 e. The van der Waals surface area contributed by atoms with E-state index in [2.05, 4.69) is 25.6 Å². The molecule has 0 atom stereocenters. The Hall–Kier alpha value is -1.71. The monoisotopic (exact) mass is 287 g/mol. The first-order chi connectivity index (χ1) is 9.62. The van der Waals surface area contributed by atoms with Gasteiger partial charge >= 0.3 is 6.01 Å². The van der Waals surface area contributed by atoms with Gasteiger partial charge < -0.3 is 30.7 Å². The number of hydrogen-bond acceptors (Lipinski definition) is 9. The van der Waals surface area contributed by atoms with Gasteiger partial charge in [0, 0.05) is 6.54 Å². The van der Waals surface area contributed by atoms with Crippen molar-refractivity contribution in [2.45, 2.75) is 19.4 Å². The van der Waals surface area contributed by atoms with Gasteiger partial charge in [-0.3, -0.25) is 0 Å². The number of nitrogens with zero attached hydrogens (tertiary/aromatic N) is 3. The summed E-state index contributed by atoms with van der Waals surface area (Å²) in [7, 11) is 0. The summed E-state index contributed by atoms with van der Waals surface area (Å²) in [4.78, 5) is 12.1. The van der Waals surface area contributed by atoms with Crippen LogP contribution in [0.4, 0.5) is 11.9 Å². The van der Waals surface area contributed by atoms with Crippen LogP contribution in [0.2, 0.25) is 0 Å². The van der Waals surface area contributed by atoms with Crippen molar-refractivity contribution in [1.82, 2.24) is 15.0 Å². The highest BCUT2D eigenvalue weighted by Gasteiger charge is 2.29. The fraction of sp³-hybridized carbons (Fsp3) is 0.727. The largest absolute Gasteiger partial charge is 0.464 e. The zero-order valence-electron chi connectivity index (χ0n) is 11.6. The minimum absolute atomic E-state index is 0.0940. The number of rotatable bonds is 9. The molecule has 20 heavy (non-hydrogen) atoms. The average molecular weight is 287 g/mol. The minimum Gasteiger partial charge on any atom is -0.464 e. The maximum atomic E-state index is 9.28. The van der Waals surface area contributed by atoms with E-state index in [4.69, 9.17) is 4.74 Å². The van der Waals surface area contributed by atoms with Gasteiger partial charge in [-0.15, -0.1) is 0 Å². The normalized spacial score (nSPS) is 11.2. The van der Waals surface area contributed by atoms with Crippen molar-refractivity contribution in [3.63, 3.8) is 0 Å². The van der Waals surface area contributed by atoms with Crippen LogP contribution in [-0.4, -0.2) is 68.8 Å². The number of aliphatic hydroxyl groups excluding tert-OH is 3. The lowest BCUT2D eigenvalue weighted by Crippen LogP contribution is -2.49. The third kappa shape index (κ3) is 4.15. The third-order valence-electron chi connectivity index (χ3n) is 2.51. The van der Waals surface area contributed by atoms with Crippen molar-refractivity contribution >= 4 is 11.9 Å². The van der Waals surface area contributed by atoms with Crippen LogP contribution < -0.4 is 15.4 Å². The van der Waals surface area contributed by atoms with Crippen LogP contribution in [-0.2, 0) is 0 Å². The van der Waals surface area contributed by atoms with Gasteiger partial charge in [0.05, 0.1) is 26.4 Å². The number of aliphatic hydroxyl groups is 3. The molecule has 1 aromatic heterocycles. The van der Waals surface area contributed by atoms with E-state index in [0.29, 0.717) is 19.1 Å². The Morgan fingerprint density at radius 1 is 1.00 bits per heavy atom. The average Bonchev–Trinajstić information content (AvgIpc) is 2.45. The number of ether oxygens (including phenoxy) is 1. The predicted octanol–water partition coefficient (Wildman–Crippen LogP) is -1.17. The van der Waals surface area contributed by atoms with Gasteiger partial charge in [-0.2, -0.15) is 15.0 Å². The van der Waals surface area contributed by atoms with E-state index in [1.807, 2.05) is 6.92 Å². The number of nitrogens with one attached hydrogen (secondary N) is 2. The predicted molar refractivity (Wildman–Crippen MR) is 72.8 cm³/mol. The first-order valence-electron chi connectivity index (χ1n) is 6.36. The van der Waals surface area contributed by atoms with Crippen molar-refractivity contribution in [3.8, 4) is 6.01 Å². The lowest BCUT2D eigenvalue weighted by molar-refractivity contribution is 0.0827. The molecule has 0 saturated heterocycles. The van der Waals surface area contributed by atoms with E-state index in [1.54, 1.807) is 6.92 Å². The van der Waals surface area contributed by atoms with E-state index in [1.165, 1.54) is 0 Å². The molecule has 0 fully saturated rings. The highest BCUT2D eigenvalue weighted by atomic mass is 16.5. The summed E-state index contributed by atoms with van der Waals surface area (Å²) in [6.07, 6.45) is 0. The molecule has 114 valence electrons. The molecule has 0 radical (unpaired) electrons. The summed E-state index contributed by atoms with van der Waals surface area (Å²) in [6, 6.07) is 0.115. The second kappa shape index (κ2) is 7.78. The topological polar surface area (TPSA) is 133 Å². The molecule has 1 aromatic rings. The van der Waals surface area contributed by atoms with Crippen molar-refractivity contribution in [2.75, 3.05) is 43.6 Å². The van der Waals surface area contributed by atoms with E-state index in [9.17, 15) is 15.3 Å². The van der Waals surface area contributed by atoms with Gasteiger partial charge in [0.15, 0.2) is 0 Å². The molecule has 0 aliphatic carbocycles. The highest BCUT2D eigenvalue weighted by Crippen LogP contribution is 2.15. The first kappa shape index (κ1) is 16.3. The summed E-state index contributed by atoms with van der Waals surface area (Å²) in [5, 5.41) is 33.5. The highest BCUT2D eigenvalue weighted by molar-refractivity contribution is 5.38. The lowest BCUT2D eigenvalue weighted by Gasteiger charge is -2.28. The smallest absolute Gasteiger partial charge is 0.323 e. The fourth-order valence-electron chi connectivity index (χ4n) is 1.35. The van der Waals surface area contributed by atoms with Crippen LogP contribution in [0.5, 0.6) is 6.01 Å². The molecular weight excluding hydrogens is 266 g/mol. The van der Waals surface area contributed by atoms with Gasteiger partial charge in [-0.05, 0) is 13.8 Å². The number of aromatic nitrogens is 3. The van der Waals surface area contributed by atoms with E-state index in [-0.39, 0.29) is 12.0 Å². The van der Waals surface area contributed by atoms with Crippen molar-refractivity contribution in [3.05, 3.63) is 0 Å². The molecule has 9 heteroatoms. The summed E-state index contributed by atoms with van der Waals surface area (Å²) in [5.41, 5.74) is -1.31. The van der Waals surface area contributed by atoms with Crippen LogP contribution in [0.1, 0.15) is 13.8 Å².